The number of amidine groups is 1. The quantitative estimate of drug-likeness (QED) is 0.472. The SMILES string of the molecule is COCCOc1ccc(C(=N)N)cc1F.Cl. The van der Waals surface area contributed by atoms with Gasteiger partial charge in [-0.15, -0.1) is 12.4 Å². The summed E-state index contributed by atoms with van der Waals surface area (Å²) in [5.41, 5.74) is 5.55. The molecule has 1 aromatic rings. The molecule has 0 bridgehead atoms. The third-order valence-electron chi connectivity index (χ3n) is 1.79. The van der Waals surface area contributed by atoms with Gasteiger partial charge in [0.05, 0.1) is 6.61 Å². The predicted octanol–water partition coefficient (Wildman–Crippen LogP) is 1.56. The third kappa shape index (κ3) is 4.04. The number of hydrogen-bond acceptors (Lipinski definition) is 3. The number of rotatable bonds is 5. The Hall–Kier alpha value is -1.33. The fraction of sp³-hybridized carbons (Fsp3) is 0.300. The van der Waals surface area contributed by atoms with Gasteiger partial charge < -0.3 is 15.2 Å². The number of methoxy groups -OCH3 is 1. The summed E-state index contributed by atoms with van der Waals surface area (Å²) in [4.78, 5) is 0. The first kappa shape index (κ1) is 14.7. The summed E-state index contributed by atoms with van der Waals surface area (Å²) in [6.45, 7) is 0.681. The number of nitrogen functional groups attached to an aromatic ring is 1. The zero-order chi connectivity index (χ0) is 11.3. The molecule has 0 aliphatic heterocycles. The average molecular weight is 249 g/mol. The second kappa shape index (κ2) is 7.03. The van der Waals surface area contributed by atoms with Crippen molar-refractivity contribution in [3.05, 3.63) is 29.6 Å². The molecular weight excluding hydrogens is 235 g/mol. The van der Waals surface area contributed by atoms with Crippen LogP contribution in [0.15, 0.2) is 18.2 Å². The summed E-state index contributed by atoms with van der Waals surface area (Å²) in [6, 6.07) is 4.15. The van der Waals surface area contributed by atoms with E-state index in [2.05, 4.69) is 0 Å². The Morgan fingerprint density at radius 1 is 1.44 bits per heavy atom. The number of nitrogens with one attached hydrogen (secondary N) is 1. The van der Waals surface area contributed by atoms with Crippen LogP contribution in [0.25, 0.3) is 0 Å². The fourth-order valence-corrected chi connectivity index (χ4v) is 1.02. The summed E-state index contributed by atoms with van der Waals surface area (Å²) in [7, 11) is 1.54. The molecule has 0 saturated carbocycles. The highest BCUT2D eigenvalue weighted by molar-refractivity contribution is 5.95. The lowest BCUT2D eigenvalue weighted by Crippen LogP contribution is -2.12. The fourth-order valence-electron chi connectivity index (χ4n) is 1.02. The molecule has 1 aromatic carbocycles. The lowest BCUT2D eigenvalue weighted by atomic mass is 10.2. The molecule has 1 rings (SSSR count). The molecule has 0 spiro atoms. The van der Waals surface area contributed by atoms with E-state index in [4.69, 9.17) is 20.6 Å². The van der Waals surface area contributed by atoms with Gasteiger partial charge in [0.25, 0.3) is 0 Å². The molecule has 16 heavy (non-hydrogen) atoms. The molecule has 0 heterocycles. The minimum absolute atomic E-state index is 0. The maximum atomic E-state index is 13.3. The molecule has 6 heteroatoms. The number of hydrogen-bond donors (Lipinski definition) is 2. The highest BCUT2D eigenvalue weighted by atomic mass is 35.5. The molecule has 3 N–H and O–H groups in total. The summed E-state index contributed by atoms with van der Waals surface area (Å²) < 4.78 is 23.2. The Kier molecular flexibility index (Phi) is 6.44. The maximum Gasteiger partial charge on any atom is 0.165 e. The van der Waals surface area contributed by atoms with Gasteiger partial charge in [0, 0.05) is 12.7 Å². The van der Waals surface area contributed by atoms with Gasteiger partial charge in [-0.25, -0.2) is 4.39 Å². The standard InChI is InChI=1S/C10H13FN2O2.ClH/c1-14-4-5-15-9-3-2-7(10(12)13)6-8(9)11;/h2-3,6H,4-5H2,1H3,(H3,12,13);1H. The highest BCUT2D eigenvalue weighted by Gasteiger charge is 2.05. The van der Waals surface area contributed by atoms with Crippen molar-refractivity contribution in [1.82, 2.24) is 0 Å². The number of benzene rings is 1. The van der Waals surface area contributed by atoms with E-state index in [-0.39, 0.29) is 30.6 Å². The van der Waals surface area contributed by atoms with Gasteiger partial charge in [0.1, 0.15) is 12.4 Å². The van der Waals surface area contributed by atoms with Crippen LogP contribution in [-0.2, 0) is 4.74 Å². The van der Waals surface area contributed by atoms with Crippen LogP contribution in [0.1, 0.15) is 5.56 Å². The molecule has 0 unspecified atom stereocenters. The largest absolute Gasteiger partial charge is 0.488 e. The van der Waals surface area contributed by atoms with Crippen LogP contribution in [-0.4, -0.2) is 26.2 Å². The van der Waals surface area contributed by atoms with E-state index in [9.17, 15) is 4.39 Å². The van der Waals surface area contributed by atoms with Crippen LogP contribution in [0.2, 0.25) is 0 Å². The first-order chi connectivity index (χ1) is 7.15. The van der Waals surface area contributed by atoms with Crippen LogP contribution in [0.4, 0.5) is 4.39 Å². The van der Waals surface area contributed by atoms with Crippen molar-refractivity contribution in [2.75, 3.05) is 20.3 Å². The van der Waals surface area contributed by atoms with E-state index >= 15 is 0 Å². The second-order valence-electron chi connectivity index (χ2n) is 2.90. The Balaban J connectivity index is 0.00000225. The molecule has 0 saturated heterocycles. The van der Waals surface area contributed by atoms with E-state index < -0.39 is 5.82 Å². The van der Waals surface area contributed by atoms with Gasteiger partial charge in [0.2, 0.25) is 0 Å². The molecule has 4 nitrogen and oxygen atoms in total. The molecule has 0 amide bonds. The normalized spacial score (nSPS) is 9.38. The van der Waals surface area contributed by atoms with Crippen LogP contribution >= 0.6 is 12.4 Å². The van der Waals surface area contributed by atoms with Crippen molar-refractivity contribution in [2.45, 2.75) is 0 Å². The summed E-state index contributed by atoms with van der Waals surface area (Å²) in [6.07, 6.45) is 0. The van der Waals surface area contributed by atoms with Crippen molar-refractivity contribution >= 4 is 18.2 Å². The van der Waals surface area contributed by atoms with E-state index in [1.165, 1.54) is 18.2 Å². The Morgan fingerprint density at radius 2 is 2.12 bits per heavy atom. The number of nitrogens with two attached hydrogens (primary N) is 1. The molecular formula is C10H14ClFN2O2. The Labute approximate surface area is 99.5 Å². The minimum Gasteiger partial charge on any atom is -0.488 e. The average Bonchev–Trinajstić information content (AvgIpc) is 2.20. The molecule has 0 fully saturated rings. The molecule has 0 radical (unpaired) electrons. The van der Waals surface area contributed by atoms with Crippen LogP contribution in [0.3, 0.4) is 0 Å². The van der Waals surface area contributed by atoms with Crippen LogP contribution in [0, 0.1) is 11.2 Å². The third-order valence-corrected chi connectivity index (χ3v) is 1.79. The topological polar surface area (TPSA) is 68.3 Å². The second-order valence-corrected chi connectivity index (χ2v) is 2.90. The van der Waals surface area contributed by atoms with Gasteiger partial charge in [0.15, 0.2) is 11.6 Å². The molecule has 0 aliphatic carbocycles. The summed E-state index contributed by atoms with van der Waals surface area (Å²) in [5.74, 6) is -0.562. The van der Waals surface area contributed by atoms with Crippen molar-refractivity contribution < 1.29 is 13.9 Å². The first-order valence-electron chi connectivity index (χ1n) is 4.41. The summed E-state index contributed by atoms with van der Waals surface area (Å²) >= 11 is 0. The van der Waals surface area contributed by atoms with Gasteiger partial charge in [-0.05, 0) is 18.2 Å². The smallest absolute Gasteiger partial charge is 0.165 e. The predicted molar refractivity (Wildman–Crippen MR) is 62.0 cm³/mol. The zero-order valence-electron chi connectivity index (χ0n) is 8.83. The first-order valence-corrected chi connectivity index (χ1v) is 4.41. The van der Waals surface area contributed by atoms with E-state index in [1.807, 2.05) is 0 Å². The van der Waals surface area contributed by atoms with Gasteiger partial charge >= 0.3 is 0 Å². The Bertz CT molecular complexity index is 361. The maximum absolute atomic E-state index is 13.3. The molecule has 0 aromatic heterocycles. The van der Waals surface area contributed by atoms with Crippen molar-refractivity contribution in [1.29, 1.82) is 5.41 Å². The summed E-state index contributed by atoms with van der Waals surface area (Å²) in [5, 5.41) is 7.12. The van der Waals surface area contributed by atoms with E-state index in [0.717, 1.165) is 0 Å². The minimum atomic E-state index is -0.529. The van der Waals surface area contributed by atoms with Crippen molar-refractivity contribution in [2.24, 2.45) is 5.73 Å². The van der Waals surface area contributed by atoms with Crippen molar-refractivity contribution in [3.8, 4) is 5.75 Å². The molecule has 90 valence electrons. The van der Waals surface area contributed by atoms with Crippen molar-refractivity contribution in [3.63, 3.8) is 0 Å². The van der Waals surface area contributed by atoms with Gasteiger partial charge in [-0.3, -0.25) is 5.41 Å². The van der Waals surface area contributed by atoms with Crippen LogP contribution in [0.5, 0.6) is 5.75 Å². The highest BCUT2D eigenvalue weighted by Crippen LogP contribution is 2.17. The lowest BCUT2D eigenvalue weighted by molar-refractivity contribution is 0.144. The Morgan fingerprint density at radius 3 is 2.62 bits per heavy atom. The molecule has 0 aliphatic rings. The van der Waals surface area contributed by atoms with Gasteiger partial charge in [-0.1, -0.05) is 0 Å². The van der Waals surface area contributed by atoms with Gasteiger partial charge in [-0.2, -0.15) is 0 Å². The monoisotopic (exact) mass is 248 g/mol. The number of ether oxygens (including phenoxy) is 2. The lowest BCUT2D eigenvalue weighted by Gasteiger charge is -2.07. The van der Waals surface area contributed by atoms with E-state index in [1.54, 1.807) is 7.11 Å². The molecule has 0 atom stereocenters. The zero-order valence-corrected chi connectivity index (χ0v) is 9.64. The van der Waals surface area contributed by atoms with E-state index in [0.29, 0.717) is 12.2 Å². The van der Waals surface area contributed by atoms with Crippen LogP contribution < -0.4 is 10.5 Å². The number of halogens is 2.